The van der Waals surface area contributed by atoms with Gasteiger partial charge in [0.1, 0.15) is 11.9 Å². The SMILES string of the molecule is Cc1ccc2c(c1)CCC1C=CC(N)=CC1O2. The molecule has 2 nitrogen and oxygen atoms in total. The van der Waals surface area contributed by atoms with Crippen LogP contribution in [0.5, 0.6) is 5.75 Å². The summed E-state index contributed by atoms with van der Waals surface area (Å²) in [6, 6.07) is 6.41. The van der Waals surface area contributed by atoms with Crippen LogP contribution in [0.25, 0.3) is 0 Å². The Labute approximate surface area is 102 Å². The molecule has 0 saturated carbocycles. The molecule has 2 aliphatic rings. The normalized spacial score (nSPS) is 26.3. The van der Waals surface area contributed by atoms with Crippen LogP contribution in [0, 0.1) is 12.8 Å². The Morgan fingerprint density at radius 2 is 2.24 bits per heavy atom. The smallest absolute Gasteiger partial charge is 0.125 e. The first-order valence-electron chi connectivity index (χ1n) is 6.14. The summed E-state index contributed by atoms with van der Waals surface area (Å²) in [4.78, 5) is 0. The molecule has 1 aromatic carbocycles. The van der Waals surface area contributed by atoms with Crippen LogP contribution in [-0.4, -0.2) is 6.10 Å². The molecule has 1 aliphatic heterocycles. The Morgan fingerprint density at radius 1 is 1.35 bits per heavy atom. The Balaban J connectivity index is 1.96. The number of aryl methyl sites for hydroxylation is 2. The van der Waals surface area contributed by atoms with Crippen molar-refractivity contribution in [2.45, 2.75) is 25.9 Å². The van der Waals surface area contributed by atoms with Crippen molar-refractivity contribution in [3.63, 3.8) is 0 Å². The van der Waals surface area contributed by atoms with E-state index in [2.05, 4.69) is 31.2 Å². The first-order valence-corrected chi connectivity index (χ1v) is 6.14. The zero-order valence-electron chi connectivity index (χ0n) is 10.0. The maximum atomic E-state index is 6.08. The van der Waals surface area contributed by atoms with Gasteiger partial charge < -0.3 is 10.5 Å². The molecule has 2 unspecified atom stereocenters. The summed E-state index contributed by atoms with van der Waals surface area (Å²) in [5.74, 6) is 1.47. The van der Waals surface area contributed by atoms with Crippen LogP contribution in [0.3, 0.4) is 0 Å². The maximum Gasteiger partial charge on any atom is 0.125 e. The Kier molecular flexibility index (Phi) is 2.43. The summed E-state index contributed by atoms with van der Waals surface area (Å²) < 4.78 is 6.08. The molecule has 1 aromatic rings. The van der Waals surface area contributed by atoms with E-state index in [1.165, 1.54) is 11.1 Å². The second-order valence-electron chi connectivity index (χ2n) is 4.92. The average molecular weight is 227 g/mol. The van der Waals surface area contributed by atoms with Gasteiger partial charge in [0, 0.05) is 11.6 Å². The van der Waals surface area contributed by atoms with Gasteiger partial charge in [0.25, 0.3) is 0 Å². The number of fused-ring (bicyclic) bond motifs is 2. The number of ether oxygens (including phenoxy) is 1. The summed E-state index contributed by atoms with van der Waals surface area (Å²) in [7, 11) is 0. The second-order valence-corrected chi connectivity index (χ2v) is 4.92. The van der Waals surface area contributed by atoms with Crippen molar-refractivity contribution in [1.29, 1.82) is 0 Å². The molecule has 0 spiro atoms. The van der Waals surface area contributed by atoms with E-state index in [4.69, 9.17) is 10.5 Å². The lowest BCUT2D eigenvalue weighted by Crippen LogP contribution is -2.26. The monoisotopic (exact) mass is 227 g/mol. The molecule has 3 rings (SSSR count). The first kappa shape index (κ1) is 10.5. The second kappa shape index (κ2) is 3.95. The van der Waals surface area contributed by atoms with Crippen molar-refractivity contribution in [3.8, 4) is 5.75 Å². The van der Waals surface area contributed by atoms with Gasteiger partial charge in [-0.3, -0.25) is 0 Å². The molecule has 1 heterocycles. The molecule has 0 fully saturated rings. The molecule has 0 amide bonds. The summed E-state index contributed by atoms with van der Waals surface area (Å²) in [5.41, 5.74) is 9.25. The fraction of sp³-hybridized carbons (Fsp3) is 0.333. The summed E-state index contributed by atoms with van der Waals surface area (Å²) >= 11 is 0. The lowest BCUT2D eigenvalue weighted by Gasteiger charge is -2.23. The van der Waals surface area contributed by atoms with Crippen molar-refractivity contribution in [1.82, 2.24) is 0 Å². The Bertz CT molecular complexity index is 502. The Hall–Kier alpha value is -1.70. The fourth-order valence-corrected chi connectivity index (χ4v) is 2.58. The number of allylic oxidation sites excluding steroid dienone is 1. The highest BCUT2D eigenvalue weighted by Gasteiger charge is 2.26. The summed E-state index contributed by atoms with van der Waals surface area (Å²) in [5, 5.41) is 0. The first-order chi connectivity index (χ1) is 8.22. The van der Waals surface area contributed by atoms with E-state index in [1.54, 1.807) is 0 Å². The molecular weight excluding hydrogens is 210 g/mol. The van der Waals surface area contributed by atoms with Gasteiger partial charge >= 0.3 is 0 Å². The molecule has 0 bridgehead atoms. The molecule has 2 atom stereocenters. The number of hydrogen-bond acceptors (Lipinski definition) is 2. The van der Waals surface area contributed by atoms with Gasteiger partial charge in [0.2, 0.25) is 0 Å². The van der Waals surface area contributed by atoms with Crippen LogP contribution in [-0.2, 0) is 6.42 Å². The summed E-state index contributed by atoms with van der Waals surface area (Å²) in [6.45, 7) is 2.12. The highest BCUT2D eigenvalue weighted by molar-refractivity contribution is 5.39. The van der Waals surface area contributed by atoms with E-state index < -0.39 is 0 Å². The quantitative estimate of drug-likeness (QED) is 0.739. The van der Waals surface area contributed by atoms with Crippen LogP contribution < -0.4 is 10.5 Å². The van der Waals surface area contributed by atoms with Gasteiger partial charge in [-0.25, -0.2) is 0 Å². The zero-order chi connectivity index (χ0) is 11.8. The molecular formula is C15H17NO. The lowest BCUT2D eigenvalue weighted by atomic mass is 9.91. The third kappa shape index (κ3) is 1.95. The predicted octanol–water partition coefficient (Wildman–Crippen LogP) is 2.72. The molecule has 2 N–H and O–H groups in total. The van der Waals surface area contributed by atoms with E-state index in [0.29, 0.717) is 5.92 Å². The van der Waals surface area contributed by atoms with Gasteiger partial charge in [0.15, 0.2) is 0 Å². The number of hydrogen-bond donors (Lipinski definition) is 1. The van der Waals surface area contributed by atoms with Crippen LogP contribution in [0.15, 0.2) is 42.1 Å². The van der Waals surface area contributed by atoms with Gasteiger partial charge in [-0.1, -0.05) is 23.8 Å². The molecule has 1 aliphatic carbocycles. The topological polar surface area (TPSA) is 35.2 Å². The van der Waals surface area contributed by atoms with Crippen molar-refractivity contribution in [2.24, 2.45) is 11.7 Å². The van der Waals surface area contributed by atoms with Crippen molar-refractivity contribution < 1.29 is 4.74 Å². The molecule has 2 heteroatoms. The molecule has 0 radical (unpaired) electrons. The predicted molar refractivity (Wildman–Crippen MR) is 68.8 cm³/mol. The minimum Gasteiger partial charge on any atom is -0.485 e. The van der Waals surface area contributed by atoms with Crippen LogP contribution >= 0.6 is 0 Å². The average Bonchev–Trinajstić information content (AvgIpc) is 2.47. The largest absolute Gasteiger partial charge is 0.485 e. The third-order valence-electron chi connectivity index (χ3n) is 3.54. The summed E-state index contributed by atoms with van der Waals surface area (Å²) in [6.07, 6.45) is 8.51. The highest BCUT2D eigenvalue weighted by Crippen LogP contribution is 2.33. The van der Waals surface area contributed by atoms with Gasteiger partial charge in [-0.15, -0.1) is 0 Å². The van der Waals surface area contributed by atoms with Gasteiger partial charge in [-0.2, -0.15) is 0 Å². The van der Waals surface area contributed by atoms with Crippen LogP contribution in [0.2, 0.25) is 0 Å². The van der Waals surface area contributed by atoms with Crippen molar-refractivity contribution >= 4 is 0 Å². The van der Waals surface area contributed by atoms with E-state index in [1.807, 2.05) is 12.2 Å². The Morgan fingerprint density at radius 3 is 3.12 bits per heavy atom. The molecule has 0 aromatic heterocycles. The minimum absolute atomic E-state index is 0.101. The maximum absolute atomic E-state index is 6.08. The van der Waals surface area contributed by atoms with Crippen LogP contribution in [0.1, 0.15) is 17.5 Å². The molecule has 17 heavy (non-hydrogen) atoms. The molecule has 88 valence electrons. The van der Waals surface area contributed by atoms with E-state index in [9.17, 15) is 0 Å². The highest BCUT2D eigenvalue weighted by atomic mass is 16.5. The van der Waals surface area contributed by atoms with Gasteiger partial charge in [-0.05, 0) is 43.5 Å². The third-order valence-corrected chi connectivity index (χ3v) is 3.54. The van der Waals surface area contributed by atoms with E-state index >= 15 is 0 Å². The fourth-order valence-electron chi connectivity index (χ4n) is 2.58. The zero-order valence-corrected chi connectivity index (χ0v) is 10.0. The molecule has 0 saturated heterocycles. The minimum atomic E-state index is 0.101. The standard InChI is InChI=1S/C15H17NO/c1-10-2-7-14-12(8-10)4-3-11-5-6-13(16)9-15(11)17-14/h2,5-9,11,15H,3-4,16H2,1H3. The van der Waals surface area contributed by atoms with Crippen molar-refractivity contribution in [3.05, 3.63) is 53.3 Å². The van der Waals surface area contributed by atoms with Gasteiger partial charge in [0.05, 0.1) is 0 Å². The van der Waals surface area contributed by atoms with Crippen LogP contribution in [0.4, 0.5) is 0 Å². The number of benzene rings is 1. The lowest BCUT2D eigenvalue weighted by molar-refractivity contribution is 0.204. The van der Waals surface area contributed by atoms with Crippen molar-refractivity contribution in [2.75, 3.05) is 0 Å². The van der Waals surface area contributed by atoms with E-state index in [-0.39, 0.29) is 6.10 Å². The van der Waals surface area contributed by atoms with E-state index in [0.717, 1.165) is 24.3 Å². The number of rotatable bonds is 0. The number of nitrogens with two attached hydrogens (primary N) is 1.